The number of aliphatic hydroxyl groups is 1. The van der Waals surface area contributed by atoms with E-state index in [-0.39, 0.29) is 67.7 Å². The predicted octanol–water partition coefficient (Wildman–Crippen LogP) is 7.83. The number of nitrogens with one attached hydrogen (secondary N) is 5. The number of carbonyl (C=O) groups is 12. The number of piperazine rings is 1. The maximum atomic E-state index is 15.1. The van der Waals surface area contributed by atoms with E-state index in [1.807, 2.05) is 122 Å². The summed E-state index contributed by atoms with van der Waals surface area (Å²) in [7, 11) is 15.6. The van der Waals surface area contributed by atoms with Gasteiger partial charge in [-0.25, -0.2) is 14.6 Å². The Morgan fingerprint density at radius 2 is 1.10 bits per heavy atom. The number of likely N-dealkylation sites (N-methyl/N-ethyl adjacent to an activating group) is 8. The van der Waals surface area contributed by atoms with Crippen LogP contribution in [-0.4, -0.2) is 313 Å². The molecule has 0 spiro atoms. The SMILES string of the molecule is C/C=C/C[C@@H](C)[C@@H](O)[C@H]1C(=O)N[C@@H](CC)C(=O)N(C)CC(=O)N(C)[C@@H](CC(C)C)C(=O)N[C@@H](C(C)C)C(=O)N(C)[C@@H](CC(C)C)C(=O)N[C@@H](C)C(=O)N[C@H](C)C(=O)N(C)[C@@H](CC(C)C)C(=O)N(C)[C@@H](CC(C)C)C(=O)N(C)[C@@H](C(C)C)C(=O)N1C.COc1cc(-c2nn(C3CCC(N4CCN(C)CC4)CC3)c3ncnc(N)c23)ccc1NC(=O)c1cc2ccccc2n1C. The molecule has 0 unspecified atom stereocenters. The van der Waals surface area contributed by atoms with Crippen LogP contribution in [-0.2, 0) is 59.8 Å². The second-order valence-electron chi connectivity index (χ2n) is 38.2. The van der Waals surface area contributed by atoms with E-state index in [4.69, 9.17) is 15.6 Å². The van der Waals surface area contributed by atoms with Gasteiger partial charge in [-0.3, -0.25) is 62.4 Å². The zero-order valence-electron chi connectivity index (χ0n) is 81.6. The van der Waals surface area contributed by atoms with E-state index < -0.39 is 156 Å². The molecule has 0 bridgehead atoms. The van der Waals surface area contributed by atoms with E-state index in [1.165, 1.54) is 94.0 Å². The Balaban J connectivity index is 0.000000425. The number of nitrogens with zero attached hydrogens (tertiary/aromatic N) is 14. The third-order valence-electron chi connectivity index (χ3n) is 25.6. The van der Waals surface area contributed by atoms with Crippen LogP contribution in [0.5, 0.6) is 5.75 Å². The van der Waals surface area contributed by atoms with Crippen LogP contribution in [0, 0.1) is 41.4 Å². The quantitative estimate of drug-likeness (QED) is 0.0344. The third kappa shape index (κ3) is 26.4. The largest absolute Gasteiger partial charge is 0.495 e. The Kier molecular flexibility index (Phi) is 38.6. The highest BCUT2D eigenvalue weighted by atomic mass is 16.5. The van der Waals surface area contributed by atoms with Gasteiger partial charge in [-0.2, -0.15) is 5.10 Å². The van der Waals surface area contributed by atoms with Crippen LogP contribution in [0.15, 0.2) is 67.0 Å². The van der Waals surface area contributed by atoms with Gasteiger partial charge in [0.2, 0.25) is 65.0 Å². The average molecular weight is 1800 g/mol. The van der Waals surface area contributed by atoms with Gasteiger partial charge in [-0.05, 0) is 158 Å². The summed E-state index contributed by atoms with van der Waals surface area (Å²) in [5, 5.41) is 33.0. The lowest BCUT2D eigenvalue weighted by Crippen LogP contribution is -2.63. The van der Waals surface area contributed by atoms with Gasteiger partial charge >= 0.3 is 0 Å². The predicted molar refractivity (Wildman–Crippen MR) is 501 cm³/mol. The Labute approximate surface area is 763 Å². The molecule has 34 heteroatoms. The molecule has 8 N–H and O–H groups in total. The third-order valence-corrected chi connectivity index (χ3v) is 25.6. The van der Waals surface area contributed by atoms with Crippen LogP contribution in [0.1, 0.15) is 198 Å². The molecular weight excluding hydrogens is 1650 g/mol. The Bertz CT molecular complexity index is 4730. The van der Waals surface area contributed by atoms with Crippen LogP contribution < -0.4 is 37.1 Å². The van der Waals surface area contributed by atoms with Gasteiger partial charge in [0.25, 0.3) is 5.91 Å². The second kappa shape index (κ2) is 47.3. The number of hydrogen-bond acceptors (Lipinski definition) is 20. The number of para-hydroxylation sites is 1. The molecule has 2 saturated heterocycles. The number of aliphatic hydroxyl groups excluding tert-OH is 1. The number of nitrogen functional groups attached to an aromatic ring is 1. The lowest BCUT2D eigenvalue weighted by Gasteiger charge is -2.41. The van der Waals surface area contributed by atoms with Crippen molar-refractivity contribution in [2.24, 2.45) is 48.5 Å². The van der Waals surface area contributed by atoms with Crippen LogP contribution in [0.4, 0.5) is 11.5 Å². The number of ether oxygens (including phenoxy) is 1. The molecule has 3 fully saturated rings. The van der Waals surface area contributed by atoms with E-state index in [1.54, 1.807) is 61.7 Å². The number of amides is 12. The van der Waals surface area contributed by atoms with Crippen molar-refractivity contribution in [3.05, 3.63) is 72.7 Å². The molecule has 1 saturated carbocycles. The fourth-order valence-electron chi connectivity index (χ4n) is 17.6. The minimum Gasteiger partial charge on any atom is -0.495 e. The molecule has 5 aromatic rings. The van der Waals surface area contributed by atoms with Crippen LogP contribution >= 0.6 is 0 Å². The van der Waals surface area contributed by atoms with Gasteiger partial charge in [0.1, 0.15) is 89.7 Å². The van der Waals surface area contributed by atoms with E-state index in [0.717, 1.165) is 89.2 Å². The van der Waals surface area contributed by atoms with Gasteiger partial charge < -0.3 is 85.9 Å². The number of carbonyl (C=O) groups excluding carboxylic acids is 12. The van der Waals surface area contributed by atoms with Crippen molar-refractivity contribution in [2.45, 2.75) is 261 Å². The molecule has 12 atom stereocenters. The number of rotatable bonds is 21. The maximum absolute atomic E-state index is 15.1. The topological polar surface area (TPSA) is 398 Å². The summed E-state index contributed by atoms with van der Waals surface area (Å²) in [5.74, 6) is -9.00. The molecule has 12 amide bonds. The summed E-state index contributed by atoms with van der Waals surface area (Å²) in [6.45, 7) is 33.9. The highest BCUT2D eigenvalue weighted by Crippen LogP contribution is 2.40. The number of benzene rings is 2. The molecule has 3 aromatic heterocycles. The molecule has 34 nitrogen and oxygen atoms in total. The first-order valence-corrected chi connectivity index (χ1v) is 45.9. The van der Waals surface area contributed by atoms with Crippen molar-refractivity contribution in [3.8, 4) is 17.0 Å². The van der Waals surface area contributed by atoms with Gasteiger partial charge in [0.05, 0.1) is 36.9 Å². The number of methoxy groups -OCH3 is 1. The Hall–Kier alpha value is -10.6. The first-order chi connectivity index (χ1) is 60.6. The average Bonchev–Trinajstić information content (AvgIpc) is 1.61. The summed E-state index contributed by atoms with van der Waals surface area (Å²) in [6, 6.07) is 4.04. The van der Waals surface area contributed by atoms with Crippen molar-refractivity contribution in [1.82, 2.24) is 89.7 Å². The van der Waals surface area contributed by atoms with E-state index >= 15 is 9.59 Å². The molecule has 714 valence electrons. The molecule has 5 heterocycles. The maximum Gasteiger partial charge on any atom is 0.272 e. The van der Waals surface area contributed by atoms with Gasteiger partial charge in [-0.1, -0.05) is 133 Å². The summed E-state index contributed by atoms with van der Waals surface area (Å²) in [4.78, 5) is 196. The highest BCUT2D eigenvalue weighted by Gasteiger charge is 2.47. The number of nitrogens with two attached hydrogens (primary N) is 1. The molecule has 129 heavy (non-hydrogen) atoms. The standard InChI is InChI=1S/C62H111N11O12.C33H39N9O2/c1-25-27-28-40(15)52(75)51-56(79)65-43(26-2)58(81)67(18)33-48(74)68(19)44(29-34(3)4)55(78)66-49(38(11)12)61(84)69(20)45(30-35(5)6)54(77)63-41(16)53(76)64-42(17)57(80)70(21)46(31-36(7)8)59(82)71(22)47(32-37(9)10)60(83)72(23)50(39(13)14)62(85)73(51)24;1-39-14-16-41(17-15-39)23-9-11-24(12-10-23)42-32-29(31(34)35-20-36-32)30(38-42)22-8-13-25(28(19-22)44-3)37-33(43)27-18-21-6-4-5-7-26(21)40(27)2/h25,27,34-47,49-52,75H,26,28-33H2,1-24H3,(H,63,77)(H,64,76)(H,65,79)(H,66,78);4-8,13,18-20,23-24H,9-12,14-17H2,1-3H3,(H,37,43)(H2,34,35,36)/b27-25+;/t40-,41+,42-,43+,44+,45+,46+,47+,49+,50+,51+,52-;/m1./s1. The first kappa shape index (κ1) is 105. The Morgan fingerprint density at radius 1 is 0.574 bits per heavy atom. The zero-order valence-corrected chi connectivity index (χ0v) is 81.6. The van der Waals surface area contributed by atoms with Crippen molar-refractivity contribution < 1.29 is 67.4 Å². The second-order valence-corrected chi connectivity index (χ2v) is 38.2. The lowest BCUT2D eigenvalue weighted by atomic mass is 9.90. The summed E-state index contributed by atoms with van der Waals surface area (Å²) < 4.78 is 9.70. The van der Waals surface area contributed by atoms with Gasteiger partial charge in [0, 0.05) is 105 Å². The number of anilines is 2. The van der Waals surface area contributed by atoms with Crippen molar-refractivity contribution in [2.75, 3.05) is 107 Å². The minimum absolute atomic E-state index is 0.0229. The summed E-state index contributed by atoms with van der Waals surface area (Å²) in [6.07, 6.45) is 8.93. The van der Waals surface area contributed by atoms with Crippen molar-refractivity contribution in [1.29, 1.82) is 0 Å². The number of aryl methyl sites for hydroxylation is 1. The van der Waals surface area contributed by atoms with Gasteiger partial charge in [-0.15, -0.1) is 0 Å². The Morgan fingerprint density at radius 3 is 1.65 bits per heavy atom. The molecule has 1 aliphatic carbocycles. The monoisotopic (exact) mass is 1800 g/mol. The summed E-state index contributed by atoms with van der Waals surface area (Å²) in [5.41, 5.74) is 10.9. The fraction of sp³-hybridized carbons (Fsp3) is 0.653. The first-order valence-electron chi connectivity index (χ1n) is 45.9. The van der Waals surface area contributed by atoms with Gasteiger partial charge in [0.15, 0.2) is 5.65 Å². The summed E-state index contributed by atoms with van der Waals surface area (Å²) >= 11 is 0. The van der Waals surface area contributed by atoms with E-state index in [9.17, 15) is 53.1 Å². The number of aromatic nitrogens is 5. The molecule has 0 radical (unpaired) electrons. The number of fused-ring (bicyclic) bond motifs is 2. The van der Waals surface area contributed by atoms with Crippen LogP contribution in [0.3, 0.4) is 0 Å². The fourth-order valence-corrected chi connectivity index (χ4v) is 17.6. The normalized spacial score (nSPS) is 24.5. The zero-order chi connectivity index (χ0) is 96.3. The number of allylic oxidation sites excluding steroid dienone is 2. The van der Waals surface area contributed by atoms with Crippen molar-refractivity contribution >= 4 is 104 Å². The van der Waals surface area contributed by atoms with Crippen LogP contribution in [0.25, 0.3) is 33.2 Å². The molecule has 2 aromatic carbocycles. The molecule has 3 aliphatic rings. The van der Waals surface area contributed by atoms with Crippen molar-refractivity contribution in [3.63, 3.8) is 0 Å². The molecular formula is C95H150N20O14. The van der Waals surface area contributed by atoms with E-state index in [2.05, 4.69) is 58.1 Å². The molecule has 2 aliphatic heterocycles. The minimum atomic E-state index is -1.61. The molecule has 8 rings (SSSR count). The highest BCUT2D eigenvalue weighted by molar-refractivity contribution is 6.08. The van der Waals surface area contributed by atoms with E-state index in [0.29, 0.717) is 41.1 Å². The lowest BCUT2D eigenvalue weighted by molar-refractivity contribution is -0.157. The smallest absolute Gasteiger partial charge is 0.272 e. The number of hydrogen-bond donors (Lipinski definition) is 7. The van der Waals surface area contributed by atoms with Crippen LogP contribution in [0.2, 0.25) is 0 Å².